The lowest BCUT2D eigenvalue weighted by Crippen LogP contribution is -1.86. The molecule has 0 aliphatic carbocycles. The highest BCUT2D eigenvalue weighted by Gasteiger charge is 1.95. The van der Waals surface area contributed by atoms with Gasteiger partial charge in [0, 0.05) is 17.3 Å². The van der Waals surface area contributed by atoms with Crippen LogP contribution >= 0.6 is 11.9 Å². The quantitative estimate of drug-likeness (QED) is 0.504. The molecule has 0 amide bonds. The maximum atomic E-state index is 5.40. The van der Waals surface area contributed by atoms with E-state index < -0.39 is 0 Å². The molecule has 0 bridgehead atoms. The lowest BCUT2D eigenvalue weighted by atomic mass is 10.3. The average molecular weight is 164 g/mol. The molecule has 2 nitrogen and oxygen atoms in total. The van der Waals surface area contributed by atoms with E-state index in [0.717, 1.165) is 10.5 Å². The molecule has 0 aliphatic heterocycles. The highest BCUT2D eigenvalue weighted by Crippen LogP contribution is 2.14. The lowest BCUT2D eigenvalue weighted by Gasteiger charge is -1.96. The molecule has 0 atom stereocenters. The maximum Gasteiger partial charge on any atom is 0.0577 e. The second-order valence-electron chi connectivity index (χ2n) is 1.86. The Morgan fingerprint density at radius 3 is 3.09 bits per heavy atom. The Morgan fingerprint density at radius 2 is 2.45 bits per heavy atom. The van der Waals surface area contributed by atoms with Crippen molar-refractivity contribution < 1.29 is 0 Å². The Bertz CT molecular complexity index is 298. The molecule has 3 heteroatoms. The van der Waals surface area contributed by atoms with Gasteiger partial charge in [0.2, 0.25) is 0 Å². The van der Waals surface area contributed by atoms with Gasteiger partial charge in [0.05, 0.1) is 5.56 Å². The number of aromatic nitrogens is 1. The first-order valence-corrected chi connectivity index (χ1v) is 4.00. The van der Waals surface area contributed by atoms with Crippen LogP contribution in [0.4, 0.5) is 0 Å². The second-order valence-corrected chi connectivity index (χ2v) is 2.54. The lowest BCUT2D eigenvalue weighted by molar-refractivity contribution is 1.24. The molecule has 0 aliphatic rings. The zero-order valence-electron chi connectivity index (χ0n) is 6.16. The van der Waals surface area contributed by atoms with Crippen LogP contribution in [-0.4, -0.2) is 4.98 Å². The van der Waals surface area contributed by atoms with Crippen LogP contribution in [0.3, 0.4) is 0 Å². The van der Waals surface area contributed by atoms with Crippen molar-refractivity contribution in [2.45, 2.75) is 11.8 Å². The van der Waals surface area contributed by atoms with Gasteiger partial charge in [0.25, 0.3) is 0 Å². The van der Waals surface area contributed by atoms with Crippen molar-refractivity contribution in [3.05, 3.63) is 24.0 Å². The summed E-state index contributed by atoms with van der Waals surface area (Å²) in [6, 6.07) is 1.85. The molecule has 0 saturated carbocycles. The molecule has 0 fully saturated rings. The van der Waals surface area contributed by atoms with Crippen LogP contribution in [0.25, 0.3) is 0 Å². The van der Waals surface area contributed by atoms with E-state index in [0.29, 0.717) is 0 Å². The zero-order chi connectivity index (χ0) is 8.10. The van der Waals surface area contributed by atoms with Gasteiger partial charge in [-0.3, -0.25) is 10.1 Å². The second kappa shape index (κ2) is 4.02. The average Bonchev–Trinajstić information content (AvgIpc) is 2.06. The summed E-state index contributed by atoms with van der Waals surface area (Å²) in [7, 11) is 0. The number of nitrogens with two attached hydrogens (primary N) is 1. The minimum absolute atomic E-state index is 0.891. The summed E-state index contributed by atoms with van der Waals surface area (Å²) in [5, 5.41) is 5.40. The van der Waals surface area contributed by atoms with E-state index in [1.807, 2.05) is 6.07 Å². The van der Waals surface area contributed by atoms with Gasteiger partial charge in [-0.1, -0.05) is 5.92 Å². The number of hydrogen-bond donors (Lipinski definition) is 1. The normalized spacial score (nSPS) is 8.55. The smallest absolute Gasteiger partial charge is 0.0577 e. The van der Waals surface area contributed by atoms with E-state index in [2.05, 4.69) is 16.8 Å². The summed E-state index contributed by atoms with van der Waals surface area (Å²) < 4.78 is 0. The van der Waals surface area contributed by atoms with Crippen molar-refractivity contribution in [2.24, 2.45) is 5.14 Å². The summed E-state index contributed by atoms with van der Waals surface area (Å²) in [4.78, 5) is 4.91. The van der Waals surface area contributed by atoms with E-state index >= 15 is 0 Å². The Hall–Kier alpha value is -0.980. The number of rotatable bonds is 1. The molecule has 0 radical (unpaired) electrons. The molecule has 1 aromatic rings. The molecule has 0 aromatic carbocycles. The van der Waals surface area contributed by atoms with Crippen LogP contribution in [0.2, 0.25) is 0 Å². The molecule has 1 heterocycles. The fourth-order valence-electron chi connectivity index (χ4n) is 0.713. The largest absolute Gasteiger partial charge is 0.274 e. The van der Waals surface area contributed by atoms with Crippen molar-refractivity contribution in [1.29, 1.82) is 0 Å². The third-order valence-corrected chi connectivity index (χ3v) is 1.78. The third kappa shape index (κ3) is 1.97. The standard InChI is InChI=1S/C8H8N2S/c1-2-3-7-6-10-5-4-8(7)11-9/h4-6H,9H2,1H3. The highest BCUT2D eigenvalue weighted by molar-refractivity contribution is 7.97. The van der Waals surface area contributed by atoms with E-state index in [-0.39, 0.29) is 0 Å². The van der Waals surface area contributed by atoms with Gasteiger partial charge in [-0.15, -0.1) is 5.92 Å². The van der Waals surface area contributed by atoms with Crippen LogP contribution in [0.1, 0.15) is 12.5 Å². The third-order valence-electron chi connectivity index (χ3n) is 1.17. The molecule has 0 spiro atoms. The summed E-state index contributed by atoms with van der Waals surface area (Å²) >= 11 is 1.19. The maximum absolute atomic E-state index is 5.40. The van der Waals surface area contributed by atoms with Gasteiger partial charge in [0.1, 0.15) is 0 Å². The summed E-state index contributed by atoms with van der Waals surface area (Å²) in [5.41, 5.74) is 0.891. The van der Waals surface area contributed by atoms with E-state index in [9.17, 15) is 0 Å². The molecular formula is C8H8N2S. The molecule has 2 N–H and O–H groups in total. The minimum Gasteiger partial charge on any atom is -0.274 e. The van der Waals surface area contributed by atoms with E-state index in [4.69, 9.17) is 5.14 Å². The zero-order valence-corrected chi connectivity index (χ0v) is 6.98. The van der Waals surface area contributed by atoms with Crippen molar-refractivity contribution >= 4 is 11.9 Å². The van der Waals surface area contributed by atoms with Crippen LogP contribution in [-0.2, 0) is 0 Å². The molecule has 0 saturated heterocycles. The van der Waals surface area contributed by atoms with Gasteiger partial charge < -0.3 is 0 Å². The Morgan fingerprint density at radius 1 is 1.64 bits per heavy atom. The first kappa shape index (κ1) is 8.12. The van der Waals surface area contributed by atoms with Crippen molar-refractivity contribution in [1.82, 2.24) is 4.98 Å². The SMILES string of the molecule is CC#Cc1cnccc1SN. The van der Waals surface area contributed by atoms with Gasteiger partial charge in [-0.2, -0.15) is 0 Å². The first-order chi connectivity index (χ1) is 5.38. The fraction of sp³-hybridized carbons (Fsp3) is 0.125. The van der Waals surface area contributed by atoms with Crippen LogP contribution in [0.15, 0.2) is 23.4 Å². The highest BCUT2D eigenvalue weighted by atomic mass is 32.2. The molecule has 1 aromatic heterocycles. The molecular weight excluding hydrogens is 156 g/mol. The van der Waals surface area contributed by atoms with E-state index in [1.165, 1.54) is 11.9 Å². The molecule has 1 rings (SSSR count). The van der Waals surface area contributed by atoms with Crippen LogP contribution in [0, 0.1) is 11.8 Å². The van der Waals surface area contributed by atoms with Crippen molar-refractivity contribution in [3.63, 3.8) is 0 Å². The minimum atomic E-state index is 0.891. The Labute approximate surface area is 70.3 Å². The summed E-state index contributed by atoms with van der Waals surface area (Å²) in [5.74, 6) is 5.71. The first-order valence-electron chi connectivity index (χ1n) is 3.12. The molecule has 0 unspecified atom stereocenters. The van der Waals surface area contributed by atoms with Crippen molar-refractivity contribution in [3.8, 4) is 11.8 Å². The Kier molecular flexibility index (Phi) is 2.96. The molecule has 11 heavy (non-hydrogen) atoms. The Balaban J connectivity index is 3.09. The monoisotopic (exact) mass is 164 g/mol. The number of nitrogens with zero attached hydrogens (tertiary/aromatic N) is 1. The predicted octanol–water partition coefficient (Wildman–Crippen LogP) is 1.42. The summed E-state index contributed by atoms with van der Waals surface area (Å²) in [6.45, 7) is 1.79. The number of hydrogen-bond acceptors (Lipinski definition) is 3. The van der Waals surface area contributed by atoms with Gasteiger partial charge in [0.15, 0.2) is 0 Å². The molecule has 56 valence electrons. The van der Waals surface area contributed by atoms with E-state index in [1.54, 1.807) is 19.3 Å². The van der Waals surface area contributed by atoms with Gasteiger partial charge >= 0.3 is 0 Å². The predicted molar refractivity (Wildman–Crippen MR) is 46.8 cm³/mol. The van der Waals surface area contributed by atoms with Crippen LogP contribution < -0.4 is 5.14 Å². The topological polar surface area (TPSA) is 38.9 Å². The number of pyridine rings is 1. The fourth-order valence-corrected chi connectivity index (χ4v) is 1.08. The van der Waals surface area contributed by atoms with Crippen LogP contribution in [0.5, 0.6) is 0 Å². The summed E-state index contributed by atoms with van der Waals surface area (Å²) in [6.07, 6.45) is 3.42. The van der Waals surface area contributed by atoms with Crippen molar-refractivity contribution in [2.75, 3.05) is 0 Å². The van der Waals surface area contributed by atoms with Gasteiger partial charge in [-0.25, -0.2) is 0 Å². The van der Waals surface area contributed by atoms with Gasteiger partial charge in [-0.05, 0) is 24.9 Å².